The number of aryl methyl sites for hydroxylation is 3. The van der Waals surface area contributed by atoms with Crippen LogP contribution in [0.4, 0.5) is 0 Å². The van der Waals surface area contributed by atoms with Crippen molar-refractivity contribution in [2.24, 2.45) is 5.73 Å². The molecule has 0 fully saturated rings. The summed E-state index contributed by atoms with van der Waals surface area (Å²) in [7, 11) is 0. The van der Waals surface area contributed by atoms with E-state index in [1.165, 1.54) is 18.4 Å². The molecule has 0 unspecified atom stereocenters. The third-order valence-corrected chi connectivity index (χ3v) is 3.46. The summed E-state index contributed by atoms with van der Waals surface area (Å²) in [6.45, 7) is 1.98. The van der Waals surface area contributed by atoms with Gasteiger partial charge in [-0.2, -0.15) is 0 Å². The highest BCUT2D eigenvalue weighted by atomic mass is 16.1. The van der Waals surface area contributed by atoms with Crippen LogP contribution < -0.4 is 11.1 Å². The maximum absolute atomic E-state index is 12.0. The summed E-state index contributed by atoms with van der Waals surface area (Å²) in [6, 6.07) is 1.94. The summed E-state index contributed by atoms with van der Waals surface area (Å²) in [6.07, 6.45) is 6.21. The van der Waals surface area contributed by atoms with E-state index in [9.17, 15) is 4.79 Å². The maximum Gasteiger partial charge on any atom is 0.259 e. The summed E-state index contributed by atoms with van der Waals surface area (Å²) >= 11 is 0. The van der Waals surface area contributed by atoms with Gasteiger partial charge in [0.1, 0.15) is 0 Å². The summed E-state index contributed by atoms with van der Waals surface area (Å²) in [5.74, 6) is -0.661. The lowest BCUT2D eigenvalue weighted by atomic mass is 10.0. The fraction of sp³-hybridized carbons (Fsp3) is 0.500. The molecule has 5 nitrogen and oxygen atoms in total. The second kappa shape index (κ2) is 5.82. The van der Waals surface area contributed by atoms with E-state index in [-0.39, 0.29) is 11.9 Å². The highest BCUT2D eigenvalue weighted by Crippen LogP contribution is 2.22. The Hall–Kier alpha value is -1.91. The summed E-state index contributed by atoms with van der Waals surface area (Å²) in [5, 5.41) is 9.49. The Morgan fingerprint density at radius 1 is 1.42 bits per heavy atom. The third kappa shape index (κ3) is 3.10. The van der Waals surface area contributed by atoms with Gasteiger partial charge in [0.15, 0.2) is 5.96 Å². The monoisotopic (exact) mass is 260 g/mol. The molecule has 0 bridgehead atoms. The third-order valence-electron chi connectivity index (χ3n) is 3.46. The standard InChI is InChI=1S/C14H20N4O/c1-2-11-10(13(19)18-14(15)16)8-9-6-4-3-5-7-12(9)17-11/h8H,2-7H2,1H3,(H4,15,16,18,19). The van der Waals surface area contributed by atoms with E-state index in [0.29, 0.717) is 12.0 Å². The van der Waals surface area contributed by atoms with Crippen molar-refractivity contribution in [2.45, 2.75) is 45.4 Å². The fourth-order valence-corrected chi connectivity index (χ4v) is 2.51. The van der Waals surface area contributed by atoms with Crippen LogP contribution in [0.1, 0.15) is 53.5 Å². The van der Waals surface area contributed by atoms with Crippen LogP contribution in [0.2, 0.25) is 0 Å². The number of aromatic nitrogens is 1. The molecule has 4 N–H and O–H groups in total. The minimum atomic E-state index is -0.331. The van der Waals surface area contributed by atoms with Crippen LogP contribution in [0.25, 0.3) is 0 Å². The van der Waals surface area contributed by atoms with Crippen molar-refractivity contribution in [1.82, 2.24) is 10.3 Å². The number of carbonyl (C=O) groups excluding carboxylic acids is 1. The number of fused-ring (bicyclic) bond motifs is 1. The van der Waals surface area contributed by atoms with Gasteiger partial charge in [-0.3, -0.25) is 20.5 Å². The molecule has 102 valence electrons. The second-order valence-corrected chi connectivity index (χ2v) is 4.87. The van der Waals surface area contributed by atoms with Crippen LogP contribution in [0.15, 0.2) is 6.07 Å². The predicted octanol–water partition coefficient (Wildman–Crippen LogP) is 1.54. The number of hydrogen-bond acceptors (Lipinski definition) is 3. The highest BCUT2D eigenvalue weighted by molar-refractivity contribution is 6.05. The van der Waals surface area contributed by atoms with Gasteiger partial charge in [-0.15, -0.1) is 0 Å². The van der Waals surface area contributed by atoms with Gasteiger partial charge in [-0.25, -0.2) is 0 Å². The Bertz CT molecular complexity index is 510. The minimum Gasteiger partial charge on any atom is -0.370 e. The first-order valence-corrected chi connectivity index (χ1v) is 6.79. The predicted molar refractivity (Wildman–Crippen MR) is 74.3 cm³/mol. The van der Waals surface area contributed by atoms with E-state index in [2.05, 4.69) is 10.3 Å². The zero-order valence-corrected chi connectivity index (χ0v) is 11.3. The van der Waals surface area contributed by atoms with Crippen molar-refractivity contribution in [2.75, 3.05) is 0 Å². The molecule has 1 aromatic rings. The molecular weight excluding hydrogens is 240 g/mol. The van der Waals surface area contributed by atoms with E-state index >= 15 is 0 Å². The van der Waals surface area contributed by atoms with Crippen molar-refractivity contribution < 1.29 is 4.79 Å². The van der Waals surface area contributed by atoms with E-state index in [1.54, 1.807) is 0 Å². The molecule has 19 heavy (non-hydrogen) atoms. The summed E-state index contributed by atoms with van der Waals surface area (Å²) in [5.41, 5.74) is 8.86. The minimum absolute atomic E-state index is 0.330. The quantitative estimate of drug-likeness (QED) is 0.428. The fourth-order valence-electron chi connectivity index (χ4n) is 2.51. The van der Waals surface area contributed by atoms with Crippen LogP contribution >= 0.6 is 0 Å². The number of guanidine groups is 1. The summed E-state index contributed by atoms with van der Waals surface area (Å²) in [4.78, 5) is 16.7. The van der Waals surface area contributed by atoms with Crippen LogP contribution in [0.5, 0.6) is 0 Å². The van der Waals surface area contributed by atoms with Gasteiger partial charge in [0.25, 0.3) is 5.91 Å². The number of rotatable bonds is 2. The van der Waals surface area contributed by atoms with Crippen molar-refractivity contribution in [1.29, 1.82) is 5.41 Å². The van der Waals surface area contributed by atoms with Crippen LogP contribution in [-0.4, -0.2) is 16.9 Å². The lowest BCUT2D eigenvalue weighted by Crippen LogP contribution is -2.36. The lowest BCUT2D eigenvalue weighted by Gasteiger charge is -2.12. The molecule has 1 amide bonds. The first kappa shape index (κ1) is 13.5. The van der Waals surface area contributed by atoms with Gasteiger partial charge in [0, 0.05) is 5.69 Å². The molecule has 1 aliphatic carbocycles. The van der Waals surface area contributed by atoms with E-state index < -0.39 is 0 Å². The van der Waals surface area contributed by atoms with Gasteiger partial charge in [0.05, 0.1) is 11.3 Å². The first-order valence-electron chi connectivity index (χ1n) is 6.79. The zero-order chi connectivity index (χ0) is 13.8. The molecule has 0 aliphatic heterocycles. The maximum atomic E-state index is 12.0. The van der Waals surface area contributed by atoms with Gasteiger partial charge in [-0.05, 0) is 43.7 Å². The molecule has 1 aliphatic rings. The number of nitrogens with two attached hydrogens (primary N) is 1. The van der Waals surface area contributed by atoms with Crippen molar-refractivity contribution >= 4 is 11.9 Å². The largest absolute Gasteiger partial charge is 0.370 e. The Kier molecular flexibility index (Phi) is 4.14. The second-order valence-electron chi connectivity index (χ2n) is 4.87. The molecule has 0 spiro atoms. The summed E-state index contributed by atoms with van der Waals surface area (Å²) < 4.78 is 0. The highest BCUT2D eigenvalue weighted by Gasteiger charge is 2.17. The van der Waals surface area contributed by atoms with Crippen molar-refractivity contribution in [3.63, 3.8) is 0 Å². The topological polar surface area (TPSA) is 91.9 Å². The number of carbonyl (C=O) groups is 1. The molecular formula is C14H20N4O. The van der Waals surface area contributed by atoms with Crippen LogP contribution in [-0.2, 0) is 19.3 Å². The zero-order valence-electron chi connectivity index (χ0n) is 11.3. The van der Waals surface area contributed by atoms with Crippen LogP contribution in [0, 0.1) is 5.41 Å². The molecule has 2 rings (SSSR count). The Labute approximate surface area is 113 Å². The Morgan fingerprint density at radius 3 is 2.84 bits per heavy atom. The SMILES string of the molecule is CCc1nc2c(cc1C(=O)NC(=N)N)CCCCC2. The normalized spacial score (nSPS) is 14.4. The number of nitrogens with one attached hydrogen (secondary N) is 2. The molecule has 0 radical (unpaired) electrons. The molecule has 0 atom stereocenters. The van der Waals surface area contributed by atoms with Gasteiger partial charge >= 0.3 is 0 Å². The number of nitrogens with zero attached hydrogens (tertiary/aromatic N) is 1. The number of hydrogen-bond donors (Lipinski definition) is 3. The molecule has 1 aromatic heterocycles. The Morgan fingerprint density at radius 2 is 2.16 bits per heavy atom. The molecule has 5 heteroatoms. The average molecular weight is 260 g/mol. The molecule has 1 heterocycles. The number of pyridine rings is 1. The number of amides is 1. The molecule has 0 saturated heterocycles. The van der Waals surface area contributed by atoms with Crippen molar-refractivity contribution in [3.05, 3.63) is 28.6 Å². The van der Waals surface area contributed by atoms with Crippen molar-refractivity contribution in [3.8, 4) is 0 Å². The smallest absolute Gasteiger partial charge is 0.259 e. The van der Waals surface area contributed by atoms with Crippen LogP contribution in [0.3, 0.4) is 0 Å². The van der Waals surface area contributed by atoms with Gasteiger partial charge in [0.2, 0.25) is 0 Å². The van der Waals surface area contributed by atoms with Gasteiger partial charge < -0.3 is 5.73 Å². The first-order chi connectivity index (χ1) is 9.11. The molecule has 0 saturated carbocycles. The average Bonchev–Trinajstić information content (AvgIpc) is 2.60. The van der Waals surface area contributed by atoms with E-state index in [4.69, 9.17) is 11.1 Å². The molecule has 0 aromatic carbocycles. The van der Waals surface area contributed by atoms with E-state index in [0.717, 1.165) is 30.7 Å². The lowest BCUT2D eigenvalue weighted by molar-refractivity contribution is 0.0975. The Balaban J connectivity index is 2.39. The van der Waals surface area contributed by atoms with E-state index in [1.807, 2.05) is 13.0 Å². The van der Waals surface area contributed by atoms with Gasteiger partial charge in [-0.1, -0.05) is 13.3 Å².